The summed E-state index contributed by atoms with van der Waals surface area (Å²) in [5.74, 6) is -0.687. The molecule has 4 N–H and O–H groups in total. The van der Waals surface area contributed by atoms with Crippen molar-refractivity contribution in [3.05, 3.63) is 46.2 Å². The highest BCUT2D eigenvalue weighted by Gasteiger charge is 2.24. The van der Waals surface area contributed by atoms with Gasteiger partial charge in [-0.25, -0.2) is 14.2 Å². The van der Waals surface area contributed by atoms with Crippen LogP contribution in [0.1, 0.15) is 28.8 Å². The van der Waals surface area contributed by atoms with E-state index < -0.39 is 17.7 Å². The SMILES string of the molecule is COc1cc(Cl)c(F)cc1C(=O)c1ccc(NC2CCN(C(=O)O)CC2)nc1N. The van der Waals surface area contributed by atoms with Crippen LogP contribution in [0.3, 0.4) is 0 Å². The van der Waals surface area contributed by atoms with Crippen molar-refractivity contribution < 1.29 is 23.8 Å². The highest BCUT2D eigenvalue weighted by Crippen LogP contribution is 2.29. The summed E-state index contributed by atoms with van der Waals surface area (Å²) in [5.41, 5.74) is 6.07. The normalized spacial score (nSPS) is 14.5. The molecule has 29 heavy (non-hydrogen) atoms. The van der Waals surface area contributed by atoms with E-state index in [0.717, 1.165) is 6.07 Å². The van der Waals surface area contributed by atoms with E-state index in [-0.39, 0.29) is 33.8 Å². The van der Waals surface area contributed by atoms with Crippen LogP contribution in [0, 0.1) is 5.82 Å². The first kappa shape index (κ1) is 20.7. The zero-order chi connectivity index (χ0) is 21.1. The maximum Gasteiger partial charge on any atom is 0.407 e. The Balaban J connectivity index is 1.76. The fraction of sp³-hybridized carbons (Fsp3) is 0.316. The predicted octanol–water partition coefficient (Wildman–Crippen LogP) is 3.25. The Morgan fingerprint density at radius 2 is 2.00 bits per heavy atom. The monoisotopic (exact) mass is 422 g/mol. The molecule has 1 aliphatic heterocycles. The second-order valence-corrected chi connectivity index (χ2v) is 7.02. The number of hydrogen-bond donors (Lipinski definition) is 3. The van der Waals surface area contributed by atoms with Crippen LogP contribution in [0.15, 0.2) is 24.3 Å². The molecule has 8 nitrogen and oxygen atoms in total. The highest BCUT2D eigenvalue weighted by atomic mass is 35.5. The van der Waals surface area contributed by atoms with Crippen molar-refractivity contribution in [1.82, 2.24) is 9.88 Å². The molecule has 1 aromatic heterocycles. The number of anilines is 2. The number of ether oxygens (including phenoxy) is 1. The van der Waals surface area contributed by atoms with Crippen molar-refractivity contribution in [3.63, 3.8) is 0 Å². The summed E-state index contributed by atoms with van der Waals surface area (Å²) in [6.07, 6.45) is 0.341. The van der Waals surface area contributed by atoms with Crippen LogP contribution >= 0.6 is 11.6 Å². The molecule has 0 radical (unpaired) electrons. The van der Waals surface area contributed by atoms with Crippen LogP contribution in [0.4, 0.5) is 20.8 Å². The second kappa shape index (κ2) is 8.52. The van der Waals surface area contributed by atoms with E-state index in [1.165, 1.54) is 24.1 Å². The fourth-order valence-electron chi connectivity index (χ4n) is 3.19. The van der Waals surface area contributed by atoms with Crippen molar-refractivity contribution in [2.75, 3.05) is 31.2 Å². The van der Waals surface area contributed by atoms with Crippen LogP contribution in [-0.4, -0.2) is 53.1 Å². The number of carboxylic acid groups (broad SMARTS) is 1. The minimum absolute atomic E-state index is 0.00958. The number of nitrogens with zero attached hydrogens (tertiary/aromatic N) is 2. The number of nitrogens with two attached hydrogens (primary N) is 1. The second-order valence-electron chi connectivity index (χ2n) is 6.61. The number of amides is 1. The van der Waals surface area contributed by atoms with Crippen molar-refractivity contribution in [2.24, 2.45) is 0 Å². The van der Waals surface area contributed by atoms with Gasteiger partial charge in [0.2, 0.25) is 5.78 Å². The van der Waals surface area contributed by atoms with Crippen LogP contribution in [0.5, 0.6) is 5.75 Å². The molecule has 1 saturated heterocycles. The number of nitrogens with one attached hydrogen (secondary N) is 1. The summed E-state index contributed by atoms with van der Waals surface area (Å²) in [6, 6.07) is 5.39. The minimum atomic E-state index is -0.928. The zero-order valence-electron chi connectivity index (χ0n) is 15.6. The standard InChI is InChI=1S/C19H20ClFN4O4/c1-29-15-9-13(20)14(21)8-12(15)17(26)11-2-3-16(24-18(11)22)23-10-4-6-25(7-5-10)19(27)28/h2-3,8-10H,4-7H2,1H3,(H,27,28)(H3,22,23,24). The molecule has 0 bridgehead atoms. The van der Waals surface area contributed by atoms with Crippen LogP contribution in [0.2, 0.25) is 5.02 Å². The summed E-state index contributed by atoms with van der Waals surface area (Å²) in [5, 5.41) is 12.0. The lowest BCUT2D eigenvalue weighted by atomic mass is 10.0. The number of hydrogen-bond acceptors (Lipinski definition) is 6. The summed E-state index contributed by atoms with van der Waals surface area (Å²) in [6.45, 7) is 0.863. The van der Waals surface area contributed by atoms with Gasteiger partial charge in [-0.3, -0.25) is 4.79 Å². The summed E-state index contributed by atoms with van der Waals surface area (Å²) in [7, 11) is 1.35. The summed E-state index contributed by atoms with van der Waals surface area (Å²) < 4.78 is 19.0. The lowest BCUT2D eigenvalue weighted by Gasteiger charge is -2.30. The molecule has 1 aromatic carbocycles. The van der Waals surface area contributed by atoms with Gasteiger partial charge in [0.1, 0.15) is 23.2 Å². The highest BCUT2D eigenvalue weighted by molar-refractivity contribution is 6.31. The van der Waals surface area contributed by atoms with Crippen molar-refractivity contribution in [3.8, 4) is 5.75 Å². The molecule has 1 amide bonds. The van der Waals surface area contributed by atoms with Gasteiger partial charge in [0, 0.05) is 25.2 Å². The Bertz CT molecular complexity index is 948. The number of rotatable bonds is 5. The average Bonchev–Trinajstić information content (AvgIpc) is 2.69. The maximum atomic E-state index is 13.8. The molecular weight excluding hydrogens is 403 g/mol. The van der Waals surface area contributed by atoms with Gasteiger partial charge in [0.25, 0.3) is 0 Å². The van der Waals surface area contributed by atoms with E-state index in [1.54, 1.807) is 6.07 Å². The number of likely N-dealkylation sites (tertiary alicyclic amines) is 1. The Kier molecular flexibility index (Phi) is 6.07. The number of benzene rings is 1. The van der Waals surface area contributed by atoms with E-state index in [0.29, 0.717) is 31.7 Å². The molecular formula is C19H20ClFN4O4. The molecule has 10 heteroatoms. The molecule has 154 valence electrons. The number of halogens is 2. The summed E-state index contributed by atoms with van der Waals surface area (Å²) >= 11 is 5.74. The zero-order valence-corrected chi connectivity index (χ0v) is 16.4. The van der Waals surface area contributed by atoms with Gasteiger partial charge < -0.3 is 25.8 Å². The molecule has 1 aliphatic rings. The van der Waals surface area contributed by atoms with Crippen LogP contribution in [-0.2, 0) is 0 Å². The molecule has 0 spiro atoms. The average molecular weight is 423 g/mol. The Hall–Kier alpha value is -3.07. The Labute approximate surface area is 171 Å². The van der Waals surface area contributed by atoms with E-state index in [4.69, 9.17) is 27.2 Å². The quantitative estimate of drug-likeness (QED) is 0.633. The smallest absolute Gasteiger partial charge is 0.407 e. The minimum Gasteiger partial charge on any atom is -0.496 e. The topological polar surface area (TPSA) is 118 Å². The summed E-state index contributed by atoms with van der Waals surface area (Å²) in [4.78, 5) is 29.4. The Morgan fingerprint density at radius 3 is 2.59 bits per heavy atom. The Morgan fingerprint density at radius 1 is 1.31 bits per heavy atom. The maximum absolute atomic E-state index is 13.8. The van der Waals surface area contributed by atoms with E-state index in [9.17, 15) is 14.0 Å². The van der Waals surface area contributed by atoms with Gasteiger partial charge in [-0.05, 0) is 31.0 Å². The lowest BCUT2D eigenvalue weighted by molar-refractivity contribution is 0.103. The van der Waals surface area contributed by atoms with Crippen molar-refractivity contribution in [1.29, 1.82) is 0 Å². The first-order valence-corrected chi connectivity index (χ1v) is 9.26. The van der Waals surface area contributed by atoms with Gasteiger partial charge in [0.15, 0.2) is 0 Å². The molecule has 2 heterocycles. The molecule has 0 aliphatic carbocycles. The van der Waals surface area contributed by atoms with E-state index in [2.05, 4.69) is 10.3 Å². The first-order chi connectivity index (χ1) is 13.8. The molecule has 0 atom stereocenters. The first-order valence-electron chi connectivity index (χ1n) is 8.88. The number of pyridine rings is 1. The molecule has 1 fully saturated rings. The number of methoxy groups -OCH3 is 1. The molecule has 0 unspecified atom stereocenters. The van der Waals surface area contributed by atoms with Crippen LogP contribution in [0.25, 0.3) is 0 Å². The number of ketones is 1. The van der Waals surface area contributed by atoms with E-state index in [1.807, 2.05) is 0 Å². The predicted molar refractivity (Wildman–Crippen MR) is 106 cm³/mol. The van der Waals surface area contributed by atoms with Crippen molar-refractivity contribution in [2.45, 2.75) is 18.9 Å². The third-order valence-electron chi connectivity index (χ3n) is 4.77. The third-order valence-corrected chi connectivity index (χ3v) is 5.06. The number of nitrogen functional groups attached to an aromatic ring is 1. The van der Waals surface area contributed by atoms with Gasteiger partial charge in [-0.1, -0.05) is 11.6 Å². The molecule has 0 saturated carbocycles. The molecule has 2 aromatic rings. The third kappa shape index (κ3) is 4.51. The number of aromatic nitrogens is 1. The van der Waals surface area contributed by atoms with Gasteiger partial charge in [0.05, 0.1) is 23.3 Å². The fourth-order valence-corrected chi connectivity index (χ4v) is 3.35. The van der Waals surface area contributed by atoms with Crippen molar-refractivity contribution >= 4 is 35.1 Å². The van der Waals surface area contributed by atoms with E-state index >= 15 is 0 Å². The lowest BCUT2D eigenvalue weighted by Crippen LogP contribution is -2.41. The van der Waals surface area contributed by atoms with Gasteiger partial charge >= 0.3 is 6.09 Å². The number of carbonyl (C=O) groups is 2. The number of carbonyl (C=O) groups excluding carboxylic acids is 1. The largest absolute Gasteiger partial charge is 0.496 e. The molecule has 3 rings (SSSR count). The van der Waals surface area contributed by atoms with Gasteiger partial charge in [-0.15, -0.1) is 0 Å². The van der Waals surface area contributed by atoms with Crippen LogP contribution < -0.4 is 15.8 Å². The number of piperidine rings is 1. The van der Waals surface area contributed by atoms with Gasteiger partial charge in [-0.2, -0.15) is 0 Å².